The molecule has 0 radical (unpaired) electrons. The second-order valence-corrected chi connectivity index (χ2v) is 6.72. The van der Waals surface area contributed by atoms with Crippen LogP contribution in [0.1, 0.15) is 32.1 Å². The molecule has 0 spiro atoms. The number of hydrogen-bond acceptors (Lipinski definition) is 3. The van der Waals surface area contributed by atoms with E-state index in [-0.39, 0.29) is 0 Å². The van der Waals surface area contributed by atoms with Crippen molar-refractivity contribution in [3.05, 3.63) is 0 Å². The minimum absolute atomic E-state index is 0.822. The van der Waals surface area contributed by atoms with E-state index in [9.17, 15) is 0 Å². The molecule has 2 nitrogen and oxygen atoms in total. The van der Waals surface area contributed by atoms with Gasteiger partial charge in [-0.1, -0.05) is 12.8 Å². The number of thioether (sulfide) groups is 1. The van der Waals surface area contributed by atoms with Crippen LogP contribution in [0.15, 0.2) is 0 Å². The molecule has 16 heavy (non-hydrogen) atoms. The fourth-order valence-electron chi connectivity index (χ4n) is 4.07. The molecule has 0 bridgehead atoms. The monoisotopic (exact) mass is 240 g/mol. The smallest absolute Gasteiger partial charge is 0.0354 e. The van der Waals surface area contributed by atoms with Crippen LogP contribution in [0.2, 0.25) is 0 Å². The Morgan fingerprint density at radius 2 is 1.94 bits per heavy atom. The van der Waals surface area contributed by atoms with Gasteiger partial charge in [-0.25, -0.2) is 0 Å². The maximum Gasteiger partial charge on any atom is 0.0354 e. The third-order valence-corrected chi connectivity index (χ3v) is 6.00. The van der Waals surface area contributed by atoms with Gasteiger partial charge in [0.1, 0.15) is 0 Å². The van der Waals surface area contributed by atoms with Crippen molar-refractivity contribution in [1.29, 1.82) is 0 Å². The van der Waals surface area contributed by atoms with E-state index in [0.29, 0.717) is 0 Å². The lowest BCUT2D eigenvalue weighted by Gasteiger charge is -2.37. The maximum absolute atomic E-state index is 3.58. The van der Waals surface area contributed by atoms with E-state index in [0.717, 1.165) is 23.3 Å². The average Bonchev–Trinajstić information content (AvgIpc) is 2.94. The highest BCUT2D eigenvalue weighted by Gasteiger charge is 2.42. The number of nitrogens with zero attached hydrogens (tertiary/aromatic N) is 1. The molecule has 0 aromatic rings. The highest BCUT2D eigenvalue weighted by Crippen LogP contribution is 2.39. The van der Waals surface area contributed by atoms with Crippen molar-refractivity contribution in [2.45, 2.75) is 49.4 Å². The minimum Gasteiger partial charge on any atom is -0.314 e. The first-order valence-electron chi connectivity index (χ1n) is 6.89. The third-order valence-electron chi connectivity index (χ3n) is 4.91. The quantitative estimate of drug-likeness (QED) is 0.794. The molecule has 0 aromatic heterocycles. The van der Waals surface area contributed by atoms with Crippen LogP contribution in [0.4, 0.5) is 0 Å². The van der Waals surface area contributed by atoms with Gasteiger partial charge >= 0.3 is 0 Å². The number of likely N-dealkylation sites (tertiary alicyclic amines) is 1. The number of hydrogen-bond donors (Lipinski definition) is 1. The van der Waals surface area contributed by atoms with Gasteiger partial charge in [-0.05, 0) is 38.0 Å². The Morgan fingerprint density at radius 1 is 1.06 bits per heavy atom. The molecule has 4 atom stereocenters. The fourth-order valence-corrected chi connectivity index (χ4v) is 4.92. The molecule has 1 aliphatic carbocycles. The molecular formula is C13H24N2S. The van der Waals surface area contributed by atoms with Crippen LogP contribution in [-0.2, 0) is 0 Å². The lowest BCUT2D eigenvalue weighted by atomic mass is 9.85. The number of fused-ring (bicyclic) bond motifs is 1. The summed E-state index contributed by atoms with van der Waals surface area (Å²) in [5, 5.41) is 4.42. The fraction of sp³-hybridized carbons (Fsp3) is 1.00. The lowest BCUT2D eigenvalue weighted by molar-refractivity contribution is 0.143. The molecular weight excluding hydrogens is 216 g/mol. The zero-order valence-corrected chi connectivity index (χ0v) is 11.1. The van der Waals surface area contributed by atoms with Crippen LogP contribution >= 0.6 is 11.8 Å². The zero-order chi connectivity index (χ0) is 11.0. The molecule has 3 fully saturated rings. The van der Waals surface area contributed by atoms with Crippen LogP contribution in [0.3, 0.4) is 0 Å². The predicted octanol–water partition coefficient (Wildman–Crippen LogP) is 1.95. The Balaban J connectivity index is 1.70. The van der Waals surface area contributed by atoms with Crippen LogP contribution in [0, 0.1) is 5.92 Å². The summed E-state index contributed by atoms with van der Waals surface area (Å²) in [6, 6.07) is 1.76. The van der Waals surface area contributed by atoms with Crippen LogP contribution in [-0.4, -0.2) is 48.1 Å². The minimum atomic E-state index is 0.822. The maximum atomic E-state index is 3.58. The lowest BCUT2D eigenvalue weighted by Crippen LogP contribution is -2.46. The summed E-state index contributed by atoms with van der Waals surface area (Å²) in [4.78, 5) is 2.87. The van der Waals surface area contributed by atoms with E-state index in [4.69, 9.17) is 0 Å². The molecule has 0 aromatic carbocycles. The molecule has 3 aliphatic rings. The van der Waals surface area contributed by atoms with E-state index in [1.165, 1.54) is 51.7 Å². The van der Waals surface area contributed by atoms with Crippen molar-refractivity contribution in [3.63, 3.8) is 0 Å². The number of rotatable bonds is 2. The molecule has 3 heteroatoms. The summed E-state index contributed by atoms with van der Waals surface area (Å²) in [6.45, 7) is 3.83. The van der Waals surface area contributed by atoms with Gasteiger partial charge in [-0.3, -0.25) is 4.90 Å². The van der Waals surface area contributed by atoms with Gasteiger partial charge in [0.15, 0.2) is 0 Å². The molecule has 2 saturated heterocycles. The molecule has 2 heterocycles. The summed E-state index contributed by atoms with van der Waals surface area (Å²) in [5.41, 5.74) is 0. The van der Waals surface area contributed by atoms with E-state index >= 15 is 0 Å². The SMILES string of the molecule is CSC1CNCC1N1CCC2CCCCC21. The summed E-state index contributed by atoms with van der Waals surface area (Å²) < 4.78 is 0. The molecule has 2 aliphatic heterocycles. The van der Waals surface area contributed by atoms with Gasteiger partial charge in [-0.15, -0.1) is 0 Å². The van der Waals surface area contributed by atoms with Crippen molar-refractivity contribution in [2.75, 3.05) is 25.9 Å². The second kappa shape index (κ2) is 4.87. The van der Waals surface area contributed by atoms with E-state index < -0.39 is 0 Å². The van der Waals surface area contributed by atoms with E-state index in [2.05, 4.69) is 28.2 Å². The van der Waals surface area contributed by atoms with Gasteiger partial charge in [0.2, 0.25) is 0 Å². The van der Waals surface area contributed by atoms with Gasteiger partial charge in [0.25, 0.3) is 0 Å². The predicted molar refractivity (Wildman–Crippen MR) is 71.0 cm³/mol. The largest absolute Gasteiger partial charge is 0.314 e. The third kappa shape index (κ3) is 1.91. The van der Waals surface area contributed by atoms with Crippen LogP contribution in [0.25, 0.3) is 0 Å². The summed E-state index contributed by atoms with van der Waals surface area (Å²) in [7, 11) is 0. The highest BCUT2D eigenvalue weighted by molar-refractivity contribution is 7.99. The molecule has 1 N–H and O–H groups in total. The van der Waals surface area contributed by atoms with Crippen molar-refractivity contribution >= 4 is 11.8 Å². The average molecular weight is 240 g/mol. The van der Waals surface area contributed by atoms with Gasteiger partial charge in [0.05, 0.1) is 0 Å². The molecule has 3 rings (SSSR count). The first-order chi connectivity index (χ1) is 7.90. The highest BCUT2D eigenvalue weighted by atomic mass is 32.2. The summed E-state index contributed by atoms with van der Waals surface area (Å²) in [6.07, 6.45) is 9.69. The standard InChI is InChI=1S/C13H24N2S/c1-16-13-9-14-8-12(13)15-7-6-10-4-2-3-5-11(10)15/h10-14H,2-9H2,1H3. The Bertz CT molecular complexity index is 246. The first-order valence-corrected chi connectivity index (χ1v) is 8.18. The van der Waals surface area contributed by atoms with Crippen LogP contribution in [0.5, 0.6) is 0 Å². The zero-order valence-electron chi connectivity index (χ0n) is 10.3. The van der Waals surface area contributed by atoms with Crippen LogP contribution < -0.4 is 5.32 Å². The molecule has 1 saturated carbocycles. The Hall–Kier alpha value is 0.270. The number of nitrogens with one attached hydrogen (secondary N) is 1. The first kappa shape index (κ1) is 11.4. The Kier molecular flexibility index (Phi) is 3.46. The summed E-state index contributed by atoms with van der Waals surface area (Å²) >= 11 is 2.06. The van der Waals surface area contributed by atoms with Crippen molar-refractivity contribution in [2.24, 2.45) is 5.92 Å². The van der Waals surface area contributed by atoms with Crippen molar-refractivity contribution in [1.82, 2.24) is 10.2 Å². The van der Waals surface area contributed by atoms with E-state index in [1.54, 1.807) is 0 Å². The van der Waals surface area contributed by atoms with E-state index in [1.807, 2.05) is 0 Å². The molecule has 4 unspecified atom stereocenters. The normalized spacial score (nSPS) is 44.8. The van der Waals surface area contributed by atoms with Crippen molar-refractivity contribution in [3.8, 4) is 0 Å². The molecule has 92 valence electrons. The Labute approximate surface area is 104 Å². The topological polar surface area (TPSA) is 15.3 Å². The van der Waals surface area contributed by atoms with Gasteiger partial charge in [0, 0.05) is 30.4 Å². The molecule has 0 amide bonds. The summed E-state index contributed by atoms with van der Waals surface area (Å²) in [5.74, 6) is 1.04. The Morgan fingerprint density at radius 3 is 2.81 bits per heavy atom. The van der Waals surface area contributed by atoms with Gasteiger partial charge in [-0.2, -0.15) is 11.8 Å². The second-order valence-electron chi connectivity index (χ2n) is 5.64. The van der Waals surface area contributed by atoms with Crippen molar-refractivity contribution < 1.29 is 0 Å². The van der Waals surface area contributed by atoms with Gasteiger partial charge < -0.3 is 5.32 Å².